The van der Waals surface area contributed by atoms with E-state index >= 15 is 0 Å². The third-order valence-electron chi connectivity index (χ3n) is 0.854. The van der Waals surface area contributed by atoms with Gasteiger partial charge in [-0.3, -0.25) is 0 Å². The zero-order chi connectivity index (χ0) is 6.62. The Morgan fingerprint density at radius 1 is 1.75 bits per heavy atom. The van der Waals surface area contributed by atoms with Crippen LogP contribution in [0.2, 0.25) is 0 Å². The largest absolute Gasteiger partial charge is 0.377 e. The zero-order valence-electron chi connectivity index (χ0n) is 5.14. The Morgan fingerprint density at radius 3 is 2.38 bits per heavy atom. The molecule has 0 aliphatic carbocycles. The maximum absolute atomic E-state index is 10.1. The molecule has 0 amide bonds. The summed E-state index contributed by atoms with van der Waals surface area (Å²) in [4.78, 5) is 18.5. The van der Waals surface area contributed by atoms with E-state index in [-0.39, 0.29) is 14.2 Å². The Morgan fingerprint density at radius 2 is 2.25 bits per heavy atom. The van der Waals surface area contributed by atoms with E-state index in [1.54, 1.807) is 0 Å². The van der Waals surface area contributed by atoms with E-state index in [9.17, 15) is 4.79 Å². The molecule has 0 saturated heterocycles. The molecule has 0 fully saturated rings. The fourth-order valence-electron chi connectivity index (χ4n) is 0.245. The molecule has 0 aromatic carbocycles. The summed E-state index contributed by atoms with van der Waals surface area (Å²) in [6.07, 6.45) is 1.45. The Labute approximate surface area is 51.2 Å². The minimum absolute atomic E-state index is 0.115. The van der Waals surface area contributed by atoms with Gasteiger partial charge in [-0.2, -0.15) is 0 Å². The summed E-state index contributed by atoms with van der Waals surface area (Å²) >= 11 is 0. The minimum atomic E-state index is -0.326. The van der Waals surface area contributed by atoms with Gasteiger partial charge in [0.05, 0.1) is 0 Å². The molecule has 48 valence electrons. The van der Waals surface area contributed by atoms with Crippen LogP contribution in [0, 0.1) is 5.41 Å². The summed E-state index contributed by atoms with van der Waals surface area (Å²) in [6.45, 7) is 3.62. The van der Waals surface area contributed by atoms with Crippen LogP contribution in [0.5, 0.6) is 0 Å². The van der Waals surface area contributed by atoms with Crippen LogP contribution in [-0.2, 0) is 4.79 Å². The molecular weight excluding hydrogens is 123 g/mol. The lowest BCUT2D eigenvalue weighted by Crippen LogP contribution is -2.14. The molecule has 0 heterocycles. The molecular formula is C5H11O2P. The van der Waals surface area contributed by atoms with Gasteiger partial charge >= 0.3 is 0 Å². The van der Waals surface area contributed by atoms with Crippen molar-refractivity contribution in [1.82, 2.24) is 0 Å². The first-order valence-electron chi connectivity index (χ1n) is 2.46. The van der Waals surface area contributed by atoms with Gasteiger partial charge in [-0.25, -0.2) is 0 Å². The molecule has 0 aromatic heterocycles. The van der Waals surface area contributed by atoms with Crippen LogP contribution in [0.1, 0.15) is 13.8 Å². The summed E-state index contributed by atoms with van der Waals surface area (Å²) in [6, 6.07) is 0. The van der Waals surface area contributed by atoms with Crippen molar-refractivity contribution in [2.75, 3.05) is 6.16 Å². The molecule has 1 atom stereocenters. The second-order valence-electron chi connectivity index (χ2n) is 2.44. The second kappa shape index (κ2) is 3.16. The third kappa shape index (κ3) is 3.11. The van der Waals surface area contributed by atoms with Crippen LogP contribution in [0.3, 0.4) is 0 Å². The van der Waals surface area contributed by atoms with E-state index < -0.39 is 0 Å². The van der Waals surface area contributed by atoms with E-state index in [2.05, 4.69) is 0 Å². The smallest absolute Gasteiger partial charge is 0.126 e. The molecule has 0 radical (unpaired) electrons. The standard InChI is InChI=1S/C5H11O2P/c1-5(2,3-6)4-8-7/h3,7-8H,4H2,1-2H3. The summed E-state index contributed by atoms with van der Waals surface area (Å²) < 4.78 is 0. The van der Waals surface area contributed by atoms with Gasteiger partial charge < -0.3 is 9.69 Å². The zero-order valence-corrected chi connectivity index (χ0v) is 6.14. The van der Waals surface area contributed by atoms with Crippen LogP contribution >= 0.6 is 8.81 Å². The average Bonchev–Trinajstić information content (AvgIpc) is 1.67. The first kappa shape index (κ1) is 8.06. The van der Waals surface area contributed by atoms with Crippen molar-refractivity contribution in [3.05, 3.63) is 0 Å². The quantitative estimate of drug-likeness (QED) is 0.457. The molecule has 0 aliphatic heterocycles. The van der Waals surface area contributed by atoms with E-state index in [0.29, 0.717) is 6.16 Å². The van der Waals surface area contributed by atoms with Crippen LogP contribution < -0.4 is 0 Å². The monoisotopic (exact) mass is 134 g/mol. The predicted molar refractivity (Wildman–Crippen MR) is 35.2 cm³/mol. The summed E-state index contributed by atoms with van der Waals surface area (Å²) in [5.41, 5.74) is -0.326. The summed E-state index contributed by atoms with van der Waals surface area (Å²) in [5.74, 6) is 0. The maximum Gasteiger partial charge on any atom is 0.126 e. The highest BCUT2D eigenvalue weighted by Gasteiger charge is 2.14. The van der Waals surface area contributed by atoms with Crippen molar-refractivity contribution in [2.24, 2.45) is 5.41 Å². The van der Waals surface area contributed by atoms with Gasteiger partial charge in [-0.15, -0.1) is 0 Å². The van der Waals surface area contributed by atoms with E-state index in [1.807, 2.05) is 13.8 Å². The van der Waals surface area contributed by atoms with Crippen LogP contribution in [-0.4, -0.2) is 17.3 Å². The molecule has 2 nitrogen and oxygen atoms in total. The Bertz CT molecular complexity index is 80.5. The Hall–Kier alpha value is 0.0600. The molecule has 3 heteroatoms. The topological polar surface area (TPSA) is 37.3 Å². The second-order valence-corrected chi connectivity index (χ2v) is 3.11. The molecule has 0 saturated carbocycles. The molecule has 1 N–H and O–H groups in total. The normalized spacial score (nSPS) is 12.9. The number of carbonyl (C=O) groups is 1. The van der Waals surface area contributed by atoms with Gasteiger partial charge in [0.1, 0.15) is 6.29 Å². The molecule has 0 aromatic rings. The van der Waals surface area contributed by atoms with Crippen molar-refractivity contribution in [3.8, 4) is 0 Å². The highest BCUT2D eigenvalue weighted by molar-refractivity contribution is 7.31. The van der Waals surface area contributed by atoms with Gasteiger partial charge in [0.2, 0.25) is 0 Å². The van der Waals surface area contributed by atoms with Crippen LogP contribution in [0.4, 0.5) is 0 Å². The number of rotatable bonds is 3. The lowest BCUT2D eigenvalue weighted by Gasteiger charge is -2.12. The highest BCUT2D eigenvalue weighted by atomic mass is 31.1. The minimum Gasteiger partial charge on any atom is -0.377 e. The van der Waals surface area contributed by atoms with E-state index in [0.717, 1.165) is 6.29 Å². The van der Waals surface area contributed by atoms with Crippen LogP contribution in [0.25, 0.3) is 0 Å². The number of hydrogen-bond donors (Lipinski definition) is 1. The van der Waals surface area contributed by atoms with Gasteiger partial charge in [0.25, 0.3) is 0 Å². The molecule has 0 spiro atoms. The van der Waals surface area contributed by atoms with Crippen LogP contribution in [0.15, 0.2) is 0 Å². The Kier molecular flexibility index (Phi) is 3.18. The van der Waals surface area contributed by atoms with Gasteiger partial charge in [0.15, 0.2) is 0 Å². The molecule has 1 unspecified atom stereocenters. The molecule has 8 heavy (non-hydrogen) atoms. The van der Waals surface area contributed by atoms with Crippen molar-refractivity contribution < 1.29 is 9.69 Å². The summed E-state index contributed by atoms with van der Waals surface area (Å²) in [7, 11) is -0.115. The lowest BCUT2D eigenvalue weighted by atomic mass is 10.00. The fraction of sp³-hybridized carbons (Fsp3) is 0.800. The van der Waals surface area contributed by atoms with Gasteiger partial charge in [0, 0.05) is 20.4 Å². The van der Waals surface area contributed by atoms with Crippen molar-refractivity contribution in [1.29, 1.82) is 0 Å². The first-order valence-corrected chi connectivity index (χ1v) is 3.61. The molecule has 0 rings (SSSR count). The molecule has 0 bridgehead atoms. The highest BCUT2D eigenvalue weighted by Crippen LogP contribution is 2.19. The van der Waals surface area contributed by atoms with E-state index in [4.69, 9.17) is 4.89 Å². The van der Waals surface area contributed by atoms with Crippen molar-refractivity contribution >= 4 is 15.1 Å². The van der Waals surface area contributed by atoms with E-state index in [1.165, 1.54) is 0 Å². The molecule has 0 aliphatic rings. The predicted octanol–water partition coefficient (Wildman–Crippen LogP) is 0.797. The van der Waals surface area contributed by atoms with Gasteiger partial charge in [-0.1, -0.05) is 13.8 Å². The van der Waals surface area contributed by atoms with Crippen molar-refractivity contribution in [3.63, 3.8) is 0 Å². The first-order chi connectivity index (χ1) is 3.62. The lowest BCUT2D eigenvalue weighted by molar-refractivity contribution is -0.113. The van der Waals surface area contributed by atoms with Crippen molar-refractivity contribution in [2.45, 2.75) is 13.8 Å². The maximum atomic E-state index is 10.1. The fourth-order valence-corrected chi connectivity index (χ4v) is 0.736. The summed E-state index contributed by atoms with van der Waals surface area (Å²) in [5, 5.41) is 0. The number of carbonyl (C=O) groups excluding carboxylic acids is 1. The average molecular weight is 134 g/mol. The van der Waals surface area contributed by atoms with Gasteiger partial charge in [-0.05, 0) is 0 Å². The third-order valence-corrected chi connectivity index (χ3v) is 1.92. The number of hydrogen-bond acceptors (Lipinski definition) is 2. The SMILES string of the molecule is CC(C)(C=O)CPO. The Balaban J connectivity index is 3.53. The number of aldehydes is 1.